The van der Waals surface area contributed by atoms with Crippen LogP contribution >= 0.6 is 0 Å². The maximum absolute atomic E-state index is 13.2. The second-order valence-electron chi connectivity index (χ2n) is 12.4. The maximum atomic E-state index is 13.2. The van der Waals surface area contributed by atoms with Crippen LogP contribution in [0.4, 0.5) is 11.4 Å². The van der Waals surface area contributed by atoms with Gasteiger partial charge in [-0.15, -0.1) is 0 Å². The molecular weight excluding hydrogens is 522 g/mol. The molecule has 42 heavy (non-hydrogen) atoms. The second-order valence-corrected chi connectivity index (χ2v) is 12.4. The minimum atomic E-state index is -0.207. The van der Waals surface area contributed by atoms with Crippen LogP contribution in [0.1, 0.15) is 48.7 Å². The number of carbonyl (C=O) groups excluding carboxylic acids is 1. The quantitative estimate of drug-likeness (QED) is 0.370. The number of nitrogens with zero attached hydrogens (tertiary/aromatic N) is 6. The molecule has 1 atom stereocenters. The number of aryl methyl sites for hydroxylation is 1. The molecule has 2 aliphatic heterocycles. The fraction of sp³-hybridized carbons (Fsp3) is 0.441. The van der Waals surface area contributed by atoms with E-state index in [1.54, 1.807) is 0 Å². The van der Waals surface area contributed by atoms with E-state index in [-0.39, 0.29) is 11.9 Å². The van der Waals surface area contributed by atoms with E-state index in [4.69, 9.17) is 4.98 Å². The molecule has 0 spiro atoms. The van der Waals surface area contributed by atoms with Gasteiger partial charge in [-0.2, -0.15) is 0 Å². The second kappa shape index (κ2) is 11.2. The highest BCUT2D eigenvalue weighted by Crippen LogP contribution is 2.38. The molecule has 1 saturated heterocycles. The molecule has 8 nitrogen and oxygen atoms in total. The van der Waals surface area contributed by atoms with Gasteiger partial charge < -0.3 is 15.1 Å². The van der Waals surface area contributed by atoms with Crippen molar-refractivity contribution in [2.45, 2.75) is 57.0 Å². The highest BCUT2D eigenvalue weighted by atomic mass is 16.2. The van der Waals surface area contributed by atoms with Gasteiger partial charge in [-0.25, -0.2) is 4.98 Å². The van der Waals surface area contributed by atoms with E-state index in [9.17, 15) is 4.79 Å². The van der Waals surface area contributed by atoms with Crippen molar-refractivity contribution in [3.63, 3.8) is 0 Å². The average Bonchev–Trinajstić information content (AvgIpc) is 3.57. The van der Waals surface area contributed by atoms with E-state index < -0.39 is 0 Å². The number of piperazine rings is 1. The molecule has 7 rings (SSSR count). The van der Waals surface area contributed by atoms with Gasteiger partial charge >= 0.3 is 0 Å². The summed E-state index contributed by atoms with van der Waals surface area (Å²) in [6.07, 6.45) is 9.50. The summed E-state index contributed by atoms with van der Waals surface area (Å²) < 4.78 is 2.28. The summed E-state index contributed by atoms with van der Waals surface area (Å²) in [5.74, 6) is 1.62. The maximum Gasteiger partial charge on any atom is 0.247 e. The van der Waals surface area contributed by atoms with Crippen LogP contribution in [0.5, 0.6) is 0 Å². The highest BCUT2D eigenvalue weighted by Gasteiger charge is 2.33. The van der Waals surface area contributed by atoms with Crippen LogP contribution in [0.2, 0.25) is 0 Å². The zero-order valence-electron chi connectivity index (χ0n) is 25.0. The lowest BCUT2D eigenvalue weighted by Crippen LogP contribution is -2.49. The summed E-state index contributed by atoms with van der Waals surface area (Å²) in [5, 5.41) is 3.14. The standard InChI is InChI=1S/C34H41N7O/c1-23-32-31(24-8-12-27(13-9-24)36-34(42)30-22-26-6-4-5-7-29(26)39(30)3)37-33(41(32)17-16-35-23)25-10-14-28(15-11-25)40-20-18-38(2)19-21-40/h4-9,12-13,16-17,25,28,30H,10-11,14-15,18-22H2,1-3H3,(H,36,42). The van der Waals surface area contributed by atoms with Crippen LogP contribution in [0, 0.1) is 6.92 Å². The first kappa shape index (κ1) is 27.1. The molecule has 1 N–H and O–H groups in total. The molecule has 218 valence electrons. The lowest BCUT2D eigenvalue weighted by Gasteiger charge is -2.41. The number of nitrogens with one attached hydrogen (secondary N) is 1. The van der Waals surface area contributed by atoms with Crippen molar-refractivity contribution >= 4 is 22.8 Å². The molecule has 2 aromatic heterocycles. The van der Waals surface area contributed by atoms with Crippen molar-refractivity contribution in [3.05, 3.63) is 78.0 Å². The molecule has 0 radical (unpaired) electrons. The molecule has 1 unspecified atom stereocenters. The third kappa shape index (κ3) is 4.96. The number of benzene rings is 2. The van der Waals surface area contributed by atoms with Gasteiger partial charge in [-0.3, -0.25) is 19.1 Å². The minimum absolute atomic E-state index is 0.0170. The fourth-order valence-electron chi connectivity index (χ4n) is 7.34. The number of rotatable bonds is 5. The van der Waals surface area contributed by atoms with E-state index in [1.807, 2.05) is 37.5 Å². The van der Waals surface area contributed by atoms with Gasteiger partial charge in [0.25, 0.3) is 0 Å². The van der Waals surface area contributed by atoms with Crippen molar-refractivity contribution < 1.29 is 4.79 Å². The lowest BCUT2D eigenvalue weighted by molar-refractivity contribution is -0.117. The Bertz CT molecular complexity index is 1580. The van der Waals surface area contributed by atoms with Gasteiger partial charge in [-0.1, -0.05) is 30.3 Å². The van der Waals surface area contributed by atoms with Gasteiger partial charge in [0.15, 0.2) is 0 Å². The predicted octanol–water partition coefficient (Wildman–Crippen LogP) is 4.98. The van der Waals surface area contributed by atoms with Crippen LogP contribution in [0.15, 0.2) is 60.9 Å². The van der Waals surface area contributed by atoms with Gasteiger partial charge in [0, 0.05) is 80.9 Å². The first-order valence-electron chi connectivity index (χ1n) is 15.4. The first-order valence-corrected chi connectivity index (χ1v) is 15.4. The van der Waals surface area contributed by atoms with Gasteiger partial charge in [0.1, 0.15) is 11.9 Å². The van der Waals surface area contributed by atoms with Gasteiger partial charge in [0.05, 0.1) is 16.9 Å². The van der Waals surface area contributed by atoms with Crippen LogP contribution in [-0.2, 0) is 11.2 Å². The molecule has 0 bridgehead atoms. The molecule has 4 heterocycles. The number of fused-ring (bicyclic) bond motifs is 2. The summed E-state index contributed by atoms with van der Waals surface area (Å²) >= 11 is 0. The molecule has 1 aliphatic carbocycles. The van der Waals surface area contributed by atoms with Crippen molar-refractivity contribution in [2.24, 2.45) is 0 Å². The highest BCUT2D eigenvalue weighted by molar-refractivity contribution is 5.98. The Morgan fingerprint density at radius 1 is 0.929 bits per heavy atom. The number of para-hydroxylation sites is 1. The number of hydrogen-bond donors (Lipinski definition) is 1. The lowest BCUT2D eigenvalue weighted by atomic mass is 9.84. The topological polar surface area (TPSA) is 69.0 Å². The monoisotopic (exact) mass is 563 g/mol. The third-order valence-corrected chi connectivity index (χ3v) is 9.86. The Morgan fingerprint density at radius 2 is 1.67 bits per heavy atom. The normalized spacial score (nSPS) is 23.3. The average molecular weight is 564 g/mol. The largest absolute Gasteiger partial charge is 0.362 e. The van der Waals surface area contributed by atoms with E-state index in [0.29, 0.717) is 12.0 Å². The molecule has 2 aromatic carbocycles. The Hall–Kier alpha value is -3.75. The number of anilines is 2. The Balaban J connectivity index is 1.08. The predicted molar refractivity (Wildman–Crippen MR) is 168 cm³/mol. The van der Waals surface area contributed by atoms with Crippen molar-refractivity contribution in [2.75, 3.05) is 50.5 Å². The molecule has 1 saturated carbocycles. The minimum Gasteiger partial charge on any atom is -0.362 e. The van der Waals surface area contributed by atoms with E-state index in [1.165, 1.54) is 57.4 Å². The van der Waals surface area contributed by atoms with Crippen LogP contribution in [0.25, 0.3) is 16.8 Å². The Labute approximate surface area is 248 Å². The molecule has 3 aliphatic rings. The number of carbonyl (C=O) groups is 1. The van der Waals surface area contributed by atoms with Crippen LogP contribution < -0.4 is 10.2 Å². The summed E-state index contributed by atoms with van der Waals surface area (Å²) in [7, 11) is 4.22. The first-order chi connectivity index (χ1) is 20.5. The number of aromatic nitrogens is 3. The summed E-state index contributed by atoms with van der Waals surface area (Å²) in [4.78, 5) is 30.3. The molecule has 4 aromatic rings. The summed E-state index contributed by atoms with van der Waals surface area (Å²) in [6.45, 7) is 6.80. The molecular formula is C34H41N7O. The molecule has 2 fully saturated rings. The third-order valence-electron chi connectivity index (χ3n) is 9.86. The van der Waals surface area contributed by atoms with Gasteiger partial charge in [-0.05, 0) is 63.4 Å². The number of hydrogen-bond acceptors (Lipinski definition) is 6. The van der Waals surface area contributed by atoms with Crippen molar-refractivity contribution in [3.8, 4) is 11.3 Å². The zero-order valence-corrected chi connectivity index (χ0v) is 25.0. The van der Waals surface area contributed by atoms with E-state index >= 15 is 0 Å². The fourth-order valence-corrected chi connectivity index (χ4v) is 7.34. The van der Waals surface area contributed by atoms with Crippen LogP contribution in [0.3, 0.4) is 0 Å². The van der Waals surface area contributed by atoms with Crippen molar-refractivity contribution in [1.82, 2.24) is 24.2 Å². The van der Waals surface area contributed by atoms with Gasteiger partial charge in [0.2, 0.25) is 5.91 Å². The summed E-state index contributed by atoms with van der Waals surface area (Å²) in [6, 6.07) is 16.9. The zero-order chi connectivity index (χ0) is 28.8. The molecule has 1 amide bonds. The smallest absolute Gasteiger partial charge is 0.247 e. The Kier molecular flexibility index (Phi) is 7.20. The van der Waals surface area contributed by atoms with E-state index in [0.717, 1.165) is 46.1 Å². The number of imidazole rings is 1. The summed E-state index contributed by atoms with van der Waals surface area (Å²) in [5.41, 5.74) is 7.23. The Morgan fingerprint density at radius 3 is 2.40 bits per heavy atom. The van der Waals surface area contributed by atoms with Crippen LogP contribution in [-0.4, -0.2) is 82.4 Å². The molecule has 8 heteroatoms. The number of likely N-dealkylation sites (N-methyl/N-ethyl adjacent to an activating group) is 2. The van der Waals surface area contributed by atoms with Crippen molar-refractivity contribution in [1.29, 1.82) is 0 Å². The number of amides is 1. The SMILES string of the molecule is Cc1nccn2c(C3CCC(N4CCN(C)CC4)CC3)nc(-c3ccc(NC(=O)C4Cc5ccccc5N4C)cc3)c12. The van der Waals surface area contributed by atoms with E-state index in [2.05, 4.69) is 73.8 Å².